The van der Waals surface area contributed by atoms with Crippen molar-refractivity contribution in [1.82, 2.24) is 0 Å². The van der Waals surface area contributed by atoms with Crippen LogP contribution in [0.1, 0.15) is 21.5 Å². The molecule has 106 valence electrons. The maximum atomic E-state index is 12.4. The van der Waals surface area contributed by atoms with Gasteiger partial charge in [0.25, 0.3) is 0 Å². The van der Waals surface area contributed by atoms with E-state index in [1.165, 1.54) is 0 Å². The van der Waals surface area contributed by atoms with Crippen molar-refractivity contribution in [3.63, 3.8) is 0 Å². The van der Waals surface area contributed by atoms with E-state index < -0.39 is 5.92 Å². The number of methoxy groups -OCH3 is 1. The smallest absolute Gasteiger partial charge is 0.173 e. The van der Waals surface area contributed by atoms with E-state index in [4.69, 9.17) is 4.74 Å². The van der Waals surface area contributed by atoms with Gasteiger partial charge in [-0.25, -0.2) is 0 Å². The quantitative estimate of drug-likeness (QED) is 0.809. The number of carbonyl (C=O) groups excluding carboxylic acids is 2. The summed E-state index contributed by atoms with van der Waals surface area (Å²) < 4.78 is 5.16. The lowest BCUT2D eigenvalue weighted by molar-refractivity contribution is -0.120. The van der Waals surface area contributed by atoms with Gasteiger partial charge in [0.05, 0.1) is 13.0 Å². The van der Waals surface area contributed by atoms with Crippen LogP contribution in [0.5, 0.6) is 5.75 Å². The molecule has 2 aromatic carbocycles. The highest BCUT2D eigenvalue weighted by molar-refractivity contribution is 6.14. The molecular formula is C18H16O3. The number of benzene rings is 2. The van der Waals surface area contributed by atoms with Gasteiger partial charge in [0.15, 0.2) is 5.78 Å². The molecule has 0 spiro atoms. The van der Waals surface area contributed by atoms with Crippen molar-refractivity contribution >= 4 is 11.6 Å². The molecule has 21 heavy (non-hydrogen) atoms. The van der Waals surface area contributed by atoms with Gasteiger partial charge < -0.3 is 4.74 Å². The topological polar surface area (TPSA) is 43.4 Å². The minimum atomic E-state index is -0.534. The molecule has 1 atom stereocenters. The fourth-order valence-corrected chi connectivity index (χ4v) is 2.81. The number of hydrogen-bond donors (Lipinski definition) is 0. The van der Waals surface area contributed by atoms with Crippen LogP contribution in [0.25, 0.3) is 0 Å². The van der Waals surface area contributed by atoms with Gasteiger partial charge in [-0.15, -0.1) is 0 Å². The van der Waals surface area contributed by atoms with Crippen LogP contribution in [0.15, 0.2) is 48.5 Å². The molecule has 3 heteroatoms. The van der Waals surface area contributed by atoms with Crippen LogP contribution >= 0.6 is 0 Å². The predicted molar refractivity (Wildman–Crippen MR) is 79.7 cm³/mol. The molecule has 0 bridgehead atoms. The Kier molecular flexibility index (Phi) is 3.57. The Morgan fingerprint density at radius 1 is 1.19 bits per heavy atom. The summed E-state index contributed by atoms with van der Waals surface area (Å²) in [6.45, 7) is 0. The zero-order valence-electron chi connectivity index (χ0n) is 11.8. The lowest BCUT2D eigenvalue weighted by atomic mass is 9.94. The molecular weight excluding hydrogens is 264 g/mol. The van der Waals surface area contributed by atoms with Crippen molar-refractivity contribution in [1.29, 1.82) is 0 Å². The van der Waals surface area contributed by atoms with E-state index >= 15 is 0 Å². The van der Waals surface area contributed by atoms with Crippen molar-refractivity contribution in [2.24, 2.45) is 5.92 Å². The zero-order chi connectivity index (χ0) is 14.8. The monoisotopic (exact) mass is 280 g/mol. The van der Waals surface area contributed by atoms with Crippen LogP contribution in [-0.2, 0) is 17.6 Å². The highest BCUT2D eigenvalue weighted by Gasteiger charge is 2.34. The second-order valence-corrected chi connectivity index (χ2v) is 5.27. The average molecular weight is 280 g/mol. The van der Waals surface area contributed by atoms with Gasteiger partial charge in [-0.1, -0.05) is 36.4 Å². The summed E-state index contributed by atoms with van der Waals surface area (Å²) in [7, 11) is 1.60. The minimum absolute atomic E-state index is 0.0237. The number of rotatable bonds is 4. The van der Waals surface area contributed by atoms with E-state index in [1.807, 2.05) is 42.5 Å². The molecule has 0 fully saturated rings. The maximum absolute atomic E-state index is 12.4. The molecule has 1 aliphatic rings. The molecule has 0 N–H and O–H groups in total. The second kappa shape index (κ2) is 5.52. The van der Waals surface area contributed by atoms with Gasteiger partial charge >= 0.3 is 0 Å². The molecule has 2 aromatic rings. The molecule has 0 radical (unpaired) electrons. The predicted octanol–water partition coefficient (Wildman–Crippen LogP) is 2.86. The van der Waals surface area contributed by atoms with Gasteiger partial charge in [0, 0.05) is 12.0 Å². The number of ketones is 2. The zero-order valence-corrected chi connectivity index (χ0v) is 11.8. The Hall–Kier alpha value is -2.42. The fourth-order valence-electron chi connectivity index (χ4n) is 2.81. The Bertz CT molecular complexity index is 703. The number of ether oxygens (including phenoxy) is 1. The molecule has 0 aromatic heterocycles. The number of carbonyl (C=O) groups is 2. The van der Waals surface area contributed by atoms with Crippen molar-refractivity contribution in [2.75, 3.05) is 7.11 Å². The molecule has 1 unspecified atom stereocenters. The molecule has 0 saturated carbocycles. The van der Waals surface area contributed by atoms with Gasteiger partial charge in [-0.3, -0.25) is 9.59 Å². The van der Waals surface area contributed by atoms with Gasteiger partial charge in [-0.05, 0) is 29.7 Å². The third-order valence-electron chi connectivity index (χ3n) is 3.92. The SMILES string of the molecule is COc1cccc(CC(=O)C2Cc3ccccc3C2=O)c1. The third kappa shape index (κ3) is 2.59. The first kappa shape index (κ1) is 13.6. The van der Waals surface area contributed by atoms with Crippen LogP contribution in [0, 0.1) is 5.92 Å². The summed E-state index contributed by atoms with van der Waals surface area (Å²) in [6.07, 6.45) is 0.791. The first-order valence-corrected chi connectivity index (χ1v) is 6.97. The average Bonchev–Trinajstić information content (AvgIpc) is 2.85. The van der Waals surface area contributed by atoms with E-state index in [1.54, 1.807) is 13.2 Å². The maximum Gasteiger partial charge on any atom is 0.173 e. The first-order chi connectivity index (χ1) is 10.2. The van der Waals surface area contributed by atoms with Crippen LogP contribution in [0.3, 0.4) is 0 Å². The summed E-state index contributed by atoms with van der Waals surface area (Å²) in [5.41, 5.74) is 2.55. The standard InChI is InChI=1S/C18H16O3/c1-21-14-7-4-5-12(9-14)10-17(19)16-11-13-6-2-3-8-15(13)18(16)20/h2-9,16H,10-11H2,1H3. The van der Waals surface area contributed by atoms with Gasteiger partial charge in [0.1, 0.15) is 11.5 Å². The van der Waals surface area contributed by atoms with Gasteiger partial charge in [0.2, 0.25) is 0 Å². The largest absolute Gasteiger partial charge is 0.497 e. The molecule has 3 nitrogen and oxygen atoms in total. The third-order valence-corrected chi connectivity index (χ3v) is 3.92. The molecule has 0 saturated heterocycles. The summed E-state index contributed by atoms with van der Waals surface area (Å²) in [5.74, 6) is 0.123. The van der Waals surface area contributed by atoms with Crippen LogP contribution in [0.2, 0.25) is 0 Å². The number of fused-ring (bicyclic) bond motifs is 1. The molecule has 0 heterocycles. The van der Waals surface area contributed by atoms with Crippen molar-refractivity contribution < 1.29 is 14.3 Å². The van der Waals surface area contributed by atoms with Crippen molar-refractivity contribution in [3.05, 3.63) is 65.2 Å². The van der Waals surface area contributed by atoms with E-state index in [0.29, 0.717) is 12.0 Å². The number of hydrogen-bond acceptors (Lipinski definition) is 3. The minimum Gasteiger partial charge on any atom is -0.497 e. The second-order valence-electron chi connectivity index (χ2n) is 5.27. The van der Waals surface area contributed by atoms with Crippen LogP contribution in [-0.4, -0.2) is 18.7 Å². The van der Waals surface area contributed by atoms with Crippen molar-refractivity contribution in [2.45, 2.75) is 12.8 Å². The highest BCUT2D eigenvalue weighted by atomic mass is 16.5. The molecule has 1 aliphatic carbocycles. The first-order valence-electron chi connectivity index (χ1n) is 6.97. The molecule has 3 rings (SSSR count). The Labute approximate surface area is 123 Å². The lowest BCUT2D eigenvalue weighted by Gasteiger charge is -2.08. The van der Waals surface area contributed by atoms with Gasteiger partial charge in [-0.2, -0.15) is 0 Å². The van der Waals surface area contributed by atoms with Crippen LogP contribution < -0.4 is 4.74 Å². The van der Waals surface area contributed by atoms with E-state index in [9.17, 15) is 9.59 Å². The van der Waals surface area contributed by atoms with Crippen LogP contribution in [0.4, 0.5) is 0 Å². The molecule has 0 amide bonds. The Balaban J connectivity index is 1.77. The van der Waals surface area contributed by atoms with E-state index in [2.05, 4.69) is 0 Å². The Morgan fingerprint density at radius 2 is 2.00 bits per heavy atom. The normalized spacial score (nSPS) is 16.6. The van der Waals surface area contributed by atoms with E-state index in [-0.39, 0.29) is 18.0 Å². The molecule has 0 aliphatic heterocycles. The van der Waals surface area contributed by atoms with E-state index in [0.717, 1.165) is 16.9 Å². The number of Topliss-reactive ketones (excluding diaryl/α,β-unsaturated/α-hetero) is 2. The Morgan fingerprint density at radius 3 is 2.76 bits per heavy atom. The highest BCUT2D eigenvalue weighted by Crippen LogP contribution is 2.28. The summed E-state index contributed by atoms with van der Waals surface area (Å²) >= 11 is 0. The van der Waals surface area contributed by atoms with Crippen molar-refractivity contribution in [3.8, 4) is 5.75 Å². The summed E-state index contributed by atoms with van der Waals surface area (Å²) in [4.78, 5) is 24.7. The fraction of sp³-hybridized carbons (Fsp3) is 0.222. The summed E-state index contributed by atoms with van der Waals surface area (Å²) in [6, 6.07) is 14.9. The summed E-state index contributed by atoms with van der Waals surface area (Å²) in [5, 5.41) is 0. The lowest BCUT2D eigenvalue weighted by Crippen LogP contribution is -2.22.